The summed E-state index contributed by atoms with van der Waals surface area (Å²) < 4.78 is 84.8. The second kappa shape index (κ2) is 34.7. The molecule has 0 aliphatic carbocycles. The molecule has 5 fully saturated rings. The van der Waals surface area contributed by atoms with E-state index in [1.165, 1.54) is 54.6 Å². The summed E-state index contributed by atoms with van der Waals surface area (Å²) in [5, 5.41) is 233. The van der Waals surface area contributed by atoms with Crippen molar-refractivity contribution < 1.29 is 197 Å². The van der Waals surface area contributed by atoms with Gasteiger partial charge in [0.05, 0.1) is 37.7 Å². The van der Waals surface area contributed by atoms with Gasteiger partial charge in [0.15, 0.2) is 23.0 Å². The van der Waals surface area contributed by atoms with Crippen molar-refractivity contribution in [2.24, 2.45) is 0 Å². The first-order chi connectivity index (χ1) is 53.7. The predicted molar refractivity (Wildman–Crippen MR) is 366 cm³/mol. The first kappa shape index (κ1) is 82.3. The number of carbonyl (C=O) groups excluding carboxylic acids is 3. The van der Waals surface area contributed by atoms with Gasteiger partial charge >= 0.3 is 29.3 Å². The first-order valence-corrected chi connectivity index (χ1v) is 34.4. The van der Waals surface area contributed by atoms with Gasteiger partial charge < -0.3 is 178 Å². The summed E-state index contributed by atoms with van der Waals surface area (Å²) in [6.45, 7) is -3.77. The number of phenolic OH excluding ortho intramolecular Hbond substituents is 6. The molecule has 5 aliphatic rings. The molecule has 41 nitrogen and oxygen atoms in total. The maximum Gasteiger partial charge on any atom is 0.402 e. The maximum absolute atomic E-state index is 14.4. The molecule has 41 heteroatoms. The first-order valence-electron chi connectivity index (χ1n) is 34.4. The molecule has 12 rings (SSSR count). The van der Waals surface area contributed by atoms with E-state index >= 15 is 0 Å². The quantitative estimate of drug-likeness (QED) is 0.00896. The summed E-state index contributed by atoms with van der Waals surface area (Å²) in [4.78, 5) is 53.1. The SMILES string of the molecule is O=C(C=Cc1ccc(O)cc1)OCC1OC(Oc2cc3c(O)cc(OC4OC(COC(=O)CCC(=O)OCC5OC(Oc6ccc(-c7oc8cc(OC9OCC(O)C(O)C9O)cc(O)c8c(=O)c7OC7OC(CO)C(O)C(O)C7O)cc6)C(O)C(O)C5O)C(O)C(O)C4O)cc3[o+]c2-c2cc(O)c(O)c(O)c2)C(O)C(O)C1O. The number of aliphatic hydroxyl groups excluding tert-OH is 16. The number of rotatable bonds is 24. The van der Waals surface area contributed by atoms with E-state index in [1.54, 1.807) is 0 Å². The molecule has 22 N–H and O–H groups in total. The van der Waals surface area contributed by atoms with Gasteiger partial charge in [0, 0.05) is 48.0 Å². The minimum absolute atomic E-state index is 0.0227. The van der Waals surface area contributed by atoms with E-state index < -0.39 is 285 Å². The zero-order chi connectivity index (χ0) is 81.3. The third kappa shape index (κ3) is 17.9. The van der Waals surface area contributed by atoms with Crippen LogP contribution in [0.15, 0.2) is 111 Å². The van der Waals surface area contributed by atoms with Crippen LogP contribution in [0.3, 0.4) is 0 Å². The number of fused-ring (bicyclic) bond motifs is 2. The molecule has 24 atom stereocenters. The molecule has 0 radical (unpaired) electrons. The van der Waals surface area contributed by atoms with Crippen molar-refractivity contribution in [3.8, 4) is 85.9 Å². The number of hydrogen-bond acceptors (Lipinski definition) is 40. The zero-order valence-corrected chi connectivity index (χ0v) is 58.2. The van der Waals surface area contributed by atoms with Gasteiger partial charge in [0.2, 0.25) is 48.4 Å². The fourth-order valence-electron chi connectivity index (χ4n) is 12.4. The monoisotopic (exact) mass is 1600 g/mol. The molecule has 0 saturated carbocycles. The molecule has 7 aromatic rings. The minimum atomic E-state index is -2.07. The topological polar surface area (TPSA) is 658 Å². The Morgan fingerprint density at radius 3 is 1.50 bits per heavy atom. The number of esters is 3. The van der Waals surface area contributed by atoms with E-state index in [0.29, 0.717) is 5.56 Å². The number of hydrogen-bond donors (Lipinski definition) is 22. The highest BCUT2D eigenvalue weighted by atomic mass is 16.7. The molecule has 5 aromatic carbocycles. The molecule has 610 valence electrons. The second-order valence-electron chi connectivity index (χ2n) is 26.6. The average Bonchev–Trinajstić information content (AvgIpc) is 0.755. The Morgan fingerprint density at radius 1 is 0.460 bits per heavy atom. The van der Waals surface area contributed by atoms with Crippen molar-refractivity contribution in [1.29, 1.82) is 0 Å². The smallest absolute Gasteiger partial charge is 0.402 e. The van der Waals surface area contributed by atoms with Crippen LogP contribution in [0, 0.1) is 0 Å². The van der Waals surface area contributed by atoms with Crippen LogP contribution in [0.1, 0.15) is 18.4 Å². The lowest BCUT2D eigenvalue weighted by atomic mass is 9.99. The van der Waals surface area contributed by atoms with E-state index in [9.17, 15) is 132 Å². The lowest BCUT2D eigenvalue weighted by molar-refractivity contribution is -0.278. The van der Waals surface area contributed by atoms with E-state index in [1.807, 2.05) is 0 Å². The Bertz CT molecular complexity index is 4610. The predicted octanol–water partition coefficient (Wildman–Crippen LogP) is -4.23. The van der Waals surface area contributed by atoms with Crippen molar-refractivity contribution in [3.05, 3.63) is 113 Å². The van der Waals surface area contributed by atoms with E-state index in [2.05, 4.69) is 0 Å². The maximum atomic E-state index is 14.4. The third-order valence-corrected chi connectivity index (χ3v) is 18.7. The summed E-state index contributed by atoms with van der Waals surface area (Å²) in [5.41, 5.74) is -1.69. The molecule has 113 heavy (non-hydrogen) atoms. The van der Waals surface area contributed by atoms with Crippen molar-refractivity contribution >= 4 is 45.9 Å². The molecular weight excluding hydrogens is 1520 g/mol. The third-order valence-electron chi connectivity index (χ3n) is 18.7. The van der Waals surface area contributed by atoms with Crippen molar-refractivity contribution in [2.75, 3.05) is 33.0 Å². The van der Waals surface area contributed by atoms with Gasteiger partial charge in [0.25, 0.3) is 0 Å². The van der Waals surface area contributed by atoms with Crippen LogP contribution in [0.5, 0.6) is 63.2 Å². The van der Waals surface area contributed by atoms with Crippen molar-refractivity contribution in [2.45, 2.75) is 160 Å². The summed E-state index contributed by atoms with van der Waals surface area (Å²) in [5.74, 6) is -10.5. The Balaban J connectivity index is 0.667. The molecule has 5 aliphatic heterocycles. The van der Waals surface area contributed by atoms with E-state index in [-0.39, 0.29) is 39.3 Å². The van der Waals surface area contributed by atoms with Gasteiger partial charge in [-0.25, -0.2) is 9.21 Å². The number of aliphatic hydroxyl groups is 16. The van der Waals surface area contributed by atoms with Crippen LogP contribution in [0.4, 0.5) is 0 Å². The molecule has 5 saturated heterocycles. The van der Waals surface area contributed by atoms with Crippen molar-refractivity contribution in [3.63, 3.8) is 0 Å². The molecule has 0 amide bonds. The number of ether oxygens (including phenoxy) is 13. The lowest BCUT2D eigenvalue weighted by Gasteiger charge is -2.40. The molecule has 0 bridgehead atoms. The highest BCUT2D eigenvalue weighted by Crippen LogP contribution is 2.47. The molecule has 0 spiro atoms. The largest absolute Gasteiger partial charge is 0.508 e. The highest BCUT2D eigenvalue weighted by Gasteiger charge is 2.51. The van der Waals surface area contributed by atoms with Crippen molar-refractivity contribution in [1.82, 2.24) is 0 Å². The van der Waals surface area contributed by atoms with E-state index in [0.717, 1.165) is 48.5 Å². The zero-order valence-electron chi connectivity index (χ0n) is 58.2. The van der Waals surface area contributed by atoms with Gasteiger partial charge in [-0.15, -0.1) is 0 Å². The standard InChI is InChI=1S/C72H76O41/c73-20-41-51(85)56(90)64(98)72(109-41)113-67-55(89)48-34(76)16-31(104-68-60(94)50(84)37(79)21-102-68)18-39(48)107-66(67)26-4-8-29(9-5-26)103-69-61(95)57(91)52(86)42(110-69)22-100-46(81)11-12-47(82)101-23-43-53(87)58(92)62(96)70(111-43)105-30-15-33(75)32-19-40(65(106-38(32)17-30)27-13-35(77)49(83)36(78)14-27)108-71-63(97)59(93)54(88)44(112-71)24-99-45(80)10-3-25-1-6-28(74)7-2-25/h1-10,13-19,37,41-44,50-54,56-64,68-73,79,84-88,90-98H,11-12,20-24H2,(H5-,74,75,76,77,78,80,83,89)/p+1. The highest BCUT2D eigenvalue weighted by molar-refractivity contribution is 5.90. The number of phenols is 6. The number of aromatic hydroxyl groups is 6. The Labute approximate surface area is 633 Å². The summed E-state index contributed by atoms with van der Waals surface area (Å²) in [6, 6.07) is 17.5. The minimum Gasteiger partial charge on any atom is -0.508 e. The van der Waals surface area contributed by atoms with Crippen LogP contribution < -0.4 is 29.1 Å². The van der Waals surface area contributed by atoms with Crippen LogP contribution in [-0.2, 0) is 52.3 Å². The molecule has 2 aromatic heterocycles. The van der Waals surface area contributed by atoms with Crippen LogP contribution in [-0.4, -0.2) is 311 Å². The fourth-order valence-corrected chi connectivity index (χ4v) is 12.4. The van der Waals surface area contributed by atoms with Crippen LogP contribution in [0.2, 0.25) is 0 Å². The van der Waals surface area contributed by atoms with Gasteiger partial charge in [-0.05, 0) is 48.0 Å². The Hall–Kier alpha value is -10.2. The van der Waals surface area contributed by atoms with Gasteiger partial charge in [-0.1, -0.05) is 12.1 Å². The summed E-state index contributed by atoms with van der Waals surface area (Å²) in [7, 11) is 0. The average molecular weight is 1600 g/mol. The molecule has 7 heterocycles. The van der Waals surface area contributed by atoms with Crippen LogP contribution >= 0.6 is 0 Å². The molecule has 24 unspecified atom stereocenters. The van der Waals surface area contributed by atoms with Gasteiger partial charge in [-0.2, -0.15) is 0 Å². The fraction of sp³-hybridized carbons (Fsp3) is 0.431. The lowest BCUT2D eigenvalue weighted by Crippen LogP contribution is -2.60. The van der Waals surface area contributed by atoms with Gasteiger partial charge in [-0.3, -0.25) is 14.4 Å². The van der Waals surface area contributed by atoms with E-state index in [4.69, 9.17) is 70.4 Å². The summed E-state index contributed by atoms with van der Waals surface area (Å²) >= 11 is 0. The van der Waals surface area contributed by atoms with Gasteiger partial charge in [0.1, 0.15) is 187 Å². The number of carbonyl (C=O) groups is 3. The second-order valence-corrected chi connectivity index (χ2v) is 26.6. The Morgan fingerprint density at radius 2 is 0.938 bits per heavy atom. The number of benzene rings is 5. The Kier molecular flexibility index (Phi) is 25.2. The normalized spacial score (nSPS) is 31.3. The van der Waals surface area contributed by atoms with Crippen LogP contribution in [0.25, 0.3) is 50.7 Å². The summed E-state index contributed by atoms with van der Waals surface area (Å²) in [6.07, 6.45) is -43.6. The molecular formula is C72H77O41+.